The van der Waals surface area contributed by atoms with Crippen LogP contribution in [-0.4, -0.2) is 17.5 Å². The van der Waals surface area contributed by atoms with E-state index >= 15 is 0 Å². The molecule has 2 aliphatic rings. The normalized spacial score (nSPS) is 44.3. The van der Waals surface area contributed by atoms with Crippen LogP contribution in [0.2, 0.25) is 0 Å². The number of ether oxygens (including phenoxy) is 1. The summed E-state index contributed by atoms with van der Waals surface area (Å²) in [7, 11) is 0. The van der Waals surface area contributed by atoms with Crippen LogP contribution in [-0.2, 0) is 9.53 Å². The SMILES string of the molecule is O=C(Cl)C12CCC(CO1)C2. The van der Waals surface area contributed by atoms with Crippen molar-refractivity contribution in [1.29, 1.82) is 0 Å². The summed E-state index contributed by atoms with van der Waals surface area (Å²) in [5.74, 6) is 0.600. The number of hydrogen-bond acceptors (Lipinski definition) is 2. The Morgan fingerprint density at radius 2 is 2.50 bits per heavy atom. The maximum absolute atomic E-state index is 10.9. The van der Waals surface area contributed by atoms with Crippen molar-refractivity contribution in [3.05, 3.63) is 0 Å². The van der Waals surface area contributed by atoms with E-state index in [9.17, 15) is 4.79 Å². The van der Waals surface area contributed by atoms with Crippen LogP contribution < -0.4 is 0 Å². The molecule has 1 saturated carbocycles. The van der Waals surface area contributed by atoms with Gasteiger partial charge in [-0.05, 0) is 36.8 Å². The van der Waals surface area contributed by atoms with Crippen molar-refractivity contribution in [1.82, 2.24) is 0 Å². The molecule has 0 aromatic rings. The van der Waals surface area contributed by atoms with Crippen LogP contribution in [0.3, 0.4) is 0 Å². The zero-order valence-electron chi connectivity index (χ0n) is 5.60. The maximum atomic E-state index is 10.9. The Labute approximate surface area is 64.5 Å². The molecule has 0 aromatic heterocycles. The molecule has 1 aliphatic carbocycles. The lowest BCUT2D eigenvalue weighted by molar-refractivity contribution is -0.131. The maximum Gasteiger partial charge on any atom is 0.253 e. The molecule has 1 heterocycles. The first-order chi connectivity index (χ1) is 4.73. The average molecular weight is 161 g/mol. The quantitative estimate of drug-likeness (QED) is 0.541. The number of carbonyl (C=O) groups is 1. The van der Waals surface area contributed by atoms with Gasteiger partial charge in [0.2, 0.25) is 0 Å². The minimum absolute atomic E-state index is 0.299. The molecule has 2 fully saturated rings. The summed E-state index contributed by atoms with van der Waals surface area (Å²) in [4.78, 5) is 10.9. The number of rotatable bonds is 1. The van der Waals surface area contributed by atoms with E-state index in [0.29, 0.717) is 5.92 Å². The van der Waals surface area contributed by atoms with E-state index in [-0.39, 0.29) is 5.24 Å². The Morgan fingerprint density at radius 3 is 2.70 bits per heavy atom. The molecular weight excluding hydrogens is 152 g/mol. The summed E-state index contributed by atoms with van der Waals surface area (Å²) in [6.07, 6.45) is 2.80. The summed E-state index contributed by atoms with van der Waals surface area (Å²) >= 11 is 5.40. The molecule has 2 bridgehead atoms. The molecular formula is C7H9ClO2. The lowest BCUT2D eigenvalue weighted by Crippen LogP contribution is -2.33. The molecule has 2 atom stereocenters. The molecule has 56 valence electrons. The molecule has 1 saturated heterocycles. The Bertz CT molecular complexity index is 170. The average Bonchev–Trinajstić information content (AvgIpc) is 2.45. The number of carbonyl (C=O) groups excluding carboxylic acids is 1. The molecule has 0 amide bonds. The van der Waals surface area contributed by atoms with Crippen LogP contribution in [0.25, 0.3) is 0 Å². The fourth-order valence-corrected chi connectivity index (χ4v) is 2.12. The van der Waals surface area contributed by atoms with E-state index in [2.05, 4.69) is 0 Å². The van der Waals surface area contributed by atoms with E-state index in [1.807, 2.05) is 0 Å². The standard InChI is InChI=1S/C7H9ClO2/c8-6(9)7-2-1-5(3-7)4-10-7/h5H,1-4H2. The van der Waals surface area contributed by atoms with Crippen molar-refractivity contribution in [2.75, 3.05) is 6.61 Å². The van der Waals surface area contributed by atoms with Gasteiger partial charge in [-0.1, -0.05) is 0 Å². The third-order valence-electron chi connectivity index (χ3n) is 2.53. The van der Waals surface area contributed by atoms with Crippen molar-refractivity contribution < 1.29 is 9.53 Å². The predicted molar refractivity (Wildman–Crippen MR) is 36.9 cm³/mol. The van der Waals surface area contributed by atoms with Gasteiger partial charge in [0.05, 0.1) is 6.61 Å². The molecule has 0 N–H and O–H groups in total. The van der Waals surface area contributed by atoms with Gasteiger partial charge in [0, 0.05) is 0 Å². The van der Waals surface area contributed by atoms with Crippen LogP contribution in [0.15, 0.2) is 0 Å². The van der Waals surface area contributed by atoms with Crippen molar-refractivity contribution in [2.24, 2.45) is 5.92 Å². The zero-order valence-corrected chi connectivity index (χ0v) is 6.36. The highest BCUT2D eigenvalue weighted by atomic mass is 35.5. The third-order valence-corrected chi connectivity index (χ3v) is 2.87. The molecule has 0 spiro atoms. The first-order valence-corrected chi connectivity index (χ1v) is 3.95. The zero-order chi connectivity index (χ0) is 7.19. The fraction of sp³-hybridized carbons (Fsp3) is 0.857. The summed E-state index contributed by atoms with van der Waals surface area (Å²) < 4.78 is 5.32. The lowest BCUT2D eigenvalue weighted by atomic mass is 10.1. The van der Waals surface area contributed by atoms with Crippen molar-refractivity contribution in [3.63, 3.8) is 0 Å². The van der Waals surface area contributed by atoms with E-state index in [4.69, 9.17) is 16.3 Å². The van der Waals surface area contributed by atoms with Crippen LogP contribution in [0, 0.1) is 5.92 Å². The Kier molecular flexibility index (Phi) is 1.29. The predicted octanol–water partition coefficient (Wildman–Crippen LogP) is 1.32. The first kappa shape index (κ1) is 6.62. The van der Waals surface area contributed by atoms with Gasteiger partial charge >= 0.3 is 0 Å². The summed E-state index contributed by atoms with van der Waals surface area (Å²) in [5.41, 5.74) is -0.563. The Hall–Kier alpha value is -0.0800. The molecule has 3 heteroatoms. The van der Waals surface area contributed by atoms with Crippen molar-refractivity contribution in [2.45, 2.75) is 24.9 Å². The van der Waals surface area contributed by atoms with Crippen molar-refractivity contribution in [3.8, 4) is 0 Å². The van der Waals surface area contributed by atoms with Crippen LogP contribution in [0.4, 0.5) is 0 Å². The number of fused-ring (bicyclic) bond motifs is 2. The van der Waals surface area contributed by atoms with Crippen LogP contribution in [0.1, 0.15) is 19.3 Å². The molecule has 0 aromatic carbocycles. The van der Waals surface area contributed by atoms with Gasteiger partial charge in [0.25, 0.3) is 5.24 Å². The van der Waals surface area contributed by atoms with E-state index in [0.717, 1.165) is 25.9 Å². The molecule has 2 unspecified atom stereocenters. The van der Waals surface area contributed by atoms with Crippen molar-refractivity contribution >= 4 is 16.8 Å². The van der Waals surface area contributed by atoms with Crippen LogP contribution in [0.5, 0.6) is 0 Å². The smallest absolute Gasteiger partial charge is 0.253 e. The molecule has 2 rings (SSSR count). The second-order valence-corrected chi connectivity index (χ2v) is 3.53. The highest BCUT2D eigenvalue weighted by Crippen LogP contribution is 2.45. The second kappa shape index (κ2) is 1.95. The fourth-order valence-electron chi connectivity index (χ4n) is 1.89. The summed E-state index contributed by atoms with van der Waals surface area (Å²) in [5, 5.41) is -0.299. The first-order valence-electron chi connectivity index (χ1n) is 3.57. The highest BCUT2D eigenvalue weighted by Gasteiger charge is 2.50. The lowest BCUT2D eigenvalue weighted by Gasteiger charge is -2.21. The van der Waals surface area contributed by atoms with Gasteiger partial charge in [0.1, 0.15) is 5.60 Å². The van der Waals surface area contributed by atoms with E-state index < -0.39 is 5.60 Å². The minimum atomic E-state index is -0.563. The van der Waals surface area contributed by atoms with Gasteiger partial charge in [-0.3, -0.25) is 4.79 Å². The second-order valence-electron chi connectivity index (χ2n) is 3.19. The van der Waals surface area contributed by atoms with Gasteiger partial charge in [0.15, 0.2) is 0 Å². The van der Waals surface area contributed by atoms with Gasteiger partial charge < -0.3 is 4.74 Å². The molecule has 10 heavy (non-hydrogen) atoms. The van der Waals surface area contributed by atoms with Gasteiger partial charge in [-0.2, -0.15) is 0 Å². The van der Waals surface area contributed by atoms with E-state index in [1.54, 1.807) is 0 Å². The van der Waals surface area contributed by atoms with Crippen LogP contribution >= 0.6 is 11.6 Å². The summed E-state index contributed by atoms with van der Waals surface area (Å²) in [6, 6.07) is 0. The van der Waals surface area contributed by atoms with E-state index in [1.165, 1.54) is 0 Å². The molecule has 2 nitrogen and oxygen atoms in total. The van der Waals surface area contributed by atoms with Gasteiger partial charge in [-0.25, -0.2) is 0 Å². The Morgan fingerprint density at radius 1 is 1.70 bits per heavy atom. The minimum Gasteiger partial charge on any atom is -0.366 e. The largest absolute Gasteiger partial charge is 0.366 e. The Balaban J connectivity index is 2.23. The number of hydrogen-bond donors (Lipinski definition) is 0. The van der Waals surface area contributed by atoms with Gasteiger partial charge in [-0.15, -0.1) is 0 Å². The third kappa shape index (κ3) is 0.722. The topological polar surface area (TPSA) is 26.3 Å². The number of halogens is 1. The molecule has 0 radical (unpaired) electrons. The summed E-state index contributed by atoms with van der Waals surface area (Å²) in [6.45, 7) is 0.735. The highest BCUT2D eigenvalue weighted by molar-refractivity contribution is 6.65. The monoisotopic (exact) mass is 160 g/mol. The molecule has 1 aliphatic heterocycles.